The Bertz CT molecular complexity index is 385. The van der Waals surface area contributed by atoms with Crippen LogP contribution in [0.15, 0.2) is 36.4 Å². The topological polar surface area (TPSA) is 0 Å². The van der Waals surface area contributed by atoms with Crippen LogP contribution in [0, 0.1) is 17.8 Å². The summed E-state index contributed by atoms with van der Waals surface area (Å²) in [4.78, 5) is 0. The molecule has 0 amide bonds. The van der Waals surface area contributed by atoms with E-state index in [1.54, 1.807) is 0 Å². The summed E-state index contributed by atoms with van der Waals surface area (Å²) in [6.45, 7) is 6.31. The molecule has 2 saturated carbocycles. The van der Waals surface area contributed by atoms with Gasteiger partial charge in [0.05, 0.1) is 0 Å². The van der Waals surface area contributed by atoms with Crippen molar-refractivity contribution in [2.75, 3.05) is 0 Å². The fraction of sp³-hybridized carbons (Fsp3) is 0.500. The van der Waals surface area contributed by atoms with E-state index in [2.05, 4.69) is 37.8 Å². The lowest BCUT2D eigenvalue weighted by Crippen LogP contribution is -1.95. The average Bonchev–Trinajstić information content (AvgIpc) is 2.74. The maximum Gasteiger partial charge on any atom is -0.0245 e. The zero-order chi connectivity index (χ0) is 11.1. The van der Waals surface area contributed by atoms with E-state index in [0.29, 0.717) is 0 Å². The monoisotopic (exact) mass is 212 g/mol. The van der Waals surface area contributed by atoms with Crippen LogP contribution in [0.2, 0.25) is 0 Å². The Morgan fingerprint density at radius 2 is 1.62 bits per heavy atom. The summed E-state index contributed by atoms with van der Waals surface area (Å²) in [5, 5.41) is 0. The van der Waals surface area contributed by atoms with Crippen molar-refractivity contribution in [3.63, 3.8) is 0 Å². The van der Waals surface area contributed by atoms with Crippen LogP contribution >= 0.6 is 0 Å². The van der Waals surface area contributed by atoms with Gasteiger partial charge in [-0.3, -0.25) is 0 Å². The van der Waals surface area contributed by atoms with Crippen molar-refractivity contribution >= 4 is 0 Å². The molecule has 0 aromatic heterocycles. The largest absolute Gasteiger partial charge is 0.0998 e. The van der Waals surface area contributed by atoms with Gasteiger partial charge in [0.25, 0.3) is 0 Å². The third kappa shape index (κ3) is 1.71. The summed E-state index contributed by atoms with van der Waals surface area (Å²) < 4.78 is 0. The molecule has 0 radical (unpaired) electrons. The van der Waals surface area contributed by atoms with Crippen LogP contribution in [-0.4, -0.2) is 0 Å². The van der Waals surface area contributed by atoms with E-state index in [1.807, 2.05) is 0 Å². The van der Waals surface area contributed by atoms with Crippen LogP contribution in [0.4, 0.5) is 0 Å². The number of hydrogen-bond acceptors (Lipinski definition) is 0. The average molecular weight is 212 g/mol. The molecule has 3 rings (SSSR count). The Hall–Kier alpha value is -1.04. The molecular formula is C16H20. The second-order valence-corrected chi connectivity index (χ2v) is 5.52. The highest BCUT2D eigenvalue weighted by Crippen LogP contribution is 2.60. The summed E-state index contributed by atoms with van der Waals surface area (Å²) in [6, 6.07) is 9.21. The molecule has 0 saturated heterocycles. The Kier molecular flexibility index (Phi) is 2.38. The van der Waals surface area contributed by atoms with Crippen LogP contribution in [0.1, 0.15) is 30.9 Å². The van der Waals surface area contributed by atoms with Gasteiger partial charge in [-0.25, -0.2) is 0 Å². The van der Waals surface area contributed by atoms with E-state index in [1.165, 1.54) is 36.0 Å². The van der Waals surface area contributed by atoms with Gasteiger partial charge in [0.15, 0.2) is 0 Å². The molecule has 0 heteroatoms. The molecule has 2 aliphatic carbocycles. The minimum absolute atomic E-state index is 0.970. The van der Waals surface area contributed by atoms with Gasteiger partial charge in [-0.05, 0) is 54.6 Å². The molecule has 1 aromatic carbocycles. The zero-order valence-corrected chi connectivity index (χ0v) is 10.1. The number of benzene rings is 1. The minimum atomic E-state index is 0.970. The van der Waals surface area contributed by atoms with Gasteiger partial charge in [0.2, 0.25) is 0 Å². The Labute approximate surface area is 98.4 Å². The van der Waals surface area contributed by atoms with Gasteiger partial charge in [0, 0.05) is 0 Å². The molecule has 2 unspecified atom stereocenters. The molecule has 0 spiro atoms. The summed E-state index contributed by atoms with van der Waals surface area (Å²) in [6.07, 6.45) is 5.06. The van der Waals surface area contributed by atoms with Gasteiger partial charge in [-0.2, -0.15) is 0 Å². The van der Waals surface area contributed by atoms with E-state index >= 15 is 0 Å². The third-order valence-electron chi connectivity index (χ3n) is 4.46. The predicted octanol–water partition coefficient (Wildman–Crippen LogP) is 4.00. The van der Waals surface area contributed by atoms with Crippen LogP contribution in [-0.2, 0) is 12.8 Å². The molecule has 0 heterocycles. The van der Waals surface area contributed by atoms with Gasteiger partial charge in [0.1, 0.15) is 0 Å². The fourth-order valence-electron chi connectivity index (χ4n) is 3.37. The Morgan fingerprint density at radius 1 is 1.06 bits per heavy atom. The molecule has 2 fully saturated rings. The summed E-state index contributed by atoms with van der Waals surface area (Å²) in [5.41, 5.74) is 4.47. The van der Waals surface area contributed by atoms with Crippen LogP contribution in [0.5, 0.6) is 0 Å². The van der Waals surface area contributed by atoms with Gasteiger partial charge < -0.3 is 0 Å². The molecule has 2 aliphatic rings. The Balaban J connectivity index is 1.62. The van der Waals surface area contributed by atoms with Crippen molar-refractivity contribution in [1.82, 2.24) is 0 Å². The summed E-state index contributed by atoms with van der Waals surface area (Å²) >= 11 is 0. The van der Waals surface area contributed by atoms with Crippen molar-refractivity contribution in [2.24, 2.45) is 17.8 Å². The quantitative estimate of drug-likeness (QED) is 0.664. The second kappa shape index (κ2) is 3.76. The van der Waals surface area contributed by atoms with Crippen molar-refractivity contribution in [1.29, 1.82) is 0 Å². The minimum Gasteiger partial charge on any atom is -0.0998 e. The number of hydrogen-bond donors (Lipinski definition) is 0. The van der Waals surface area contributed by atoms with E-state index < -0.39 is 0 Å². The maximum absolute atomic E-state index is 4.10. The second-order valence-electron chi connectivity index (χ2n) is 5.52. The van der Waals surface area contributed by atoms with Crippen molar-refractivity contribution in [2.45, 2.75) is 32.6 Å². The van der Waals surface area contributed by atoms with Crippen molar-refractivity contribution < 1.29 is 0 Å². The molecule has 0 aliphatic heterocycles. The first-order chi connectivity index (χ1) is 7.78. The number of rotatable bonds is 3. The fourth-order valence-corrected chi connectivity index (χ4v) is 3.37. The lowest BCUT2D eigenvalue weighted by Gasteiger charge is -2.06. The SMILES string of the molecule is C=C1CC2C(C1)C2Cc1ccc(CC)cc1. The maximum atomic E-state index is 4.10. The highest BCUT2D eigenvalue weighted by molar-refractivity contribution is 5.26. The smallest absolute Gasteiger partial charge is 0.0245 e. The van der Waals surface area contributed by atoms with Crippen molar-refractivity contribution in [3.8, 4) is 0 Å². The number of aryl methyl sites for hydroxylation is 1. The lowest BCUT2D eigenvalue weighted by atomic mass is 10.00. The van der Waals surface area contributed by atoms with Crippen LogP contribution in [0.25, 0.3) is 0 Å². The molecule has 16 heavy (non-hydrogen) atoms. The highest BCUT2D eigenvalue weighted by atomic mass is 14.6. The van der Waals surface area contributed by atoms with Gasteiger partial charge >= 0.3 is 0 Å². The first-order valence-corrected chi connectivity index (χ1v) is 6.52. The lowest BCUT2D eigenvalue weighted by molar-refractivity contribution is 0.653. The van der Waals surface area contributed by atoms with E-state index in [-0.39, 0.29) is 0 Å². The van der Waals surface area contributed by atoms with Gasteiger partial charge in [-0.15, -0.1) is 0 Å². The van der Waals surface area contributed by atoms with Crippen molar-refractivity contribution in [3.05, 3.63) is 47.5 Å². The standard InChI is InChI=1S/C16H20/c1-3-12-4-6-13(7-5-12)10-16-14-8-11(2)9-15(14)16/h4-7,14-16H,2-3,8-10H2,1H3. The van der Waals surface area contributed by atoms with E-state index in [4.69, 9.17) is 0 Å². The zero-order valence-electron chi connectivity index (χ0n) is 10.1. The molecule has 0 N–H and O–H groups in total. The molecule has 2 atom stereocenters. The summed E-state index contributed by atoms with van der Waals surface area (Å²) in [5.74, 6) is 2.94. The first kappa shape index (κ1) is 10.1. The van der Waals surface area contributed by atoms with E-state index in [9.17, 15) is 0 Å². The molecule has 84 valence electrons. The van der Waals surface area contributed by atoms with Crippen LogP contribution < -0.4 is 0 Å². The van der Waals surface area contributed by atoms with E-state index in [0.717, 1.165) is 24.2 Å². The Morgan fingerprint density at radius 3 is 2.19 bits per heavy atom. The molecule has 0 nitrogen and oxygen atoms in total. The normalized spacial score (nSPS) is 31.6. The first-order valence-electron chi connectivity index (χ1n) is 6.52. The summed E-state index contributed by atoms with van der Waals surface area (Å²) in [7, 11) is 0. The number of allylic oxidation sites excluding steroid dienone is 1. The number of fused-ring (bicyclic) bond motifs is 1. The van der Waals surface area contributed by atoms with Crippen LogP contribution in [0.3, 0.4) is 0 Å². The molecular weight excluding hydrogens is 192 g/mol. The van der Waals surface area contributed by atoms with Gasteiger partial charge in [-0.1, -0.05) is 43.3 Å². The predicted molar refractivity (Wildman–Crippen MR) is 68.4 cm³/mol. The molecule has 1 aromatic rings. The third-order valence-corrected chi connectivity index (χ3v) is 4.46. The highest BCUT2D eigenvalue weighted by Gasteiger charge is 2.53. The molecule has 0 bridgehead atoms.